The van der Waals surface area contributed by atoms with Crippen LogP contribution in [0.3, 0.4) is 0 Å². The lowest BCUT2D eigenvalue weighted by Crippen LogP contribution is -2.00. The fourth-order valence-corrected chi connectivity index (χ4v) is 2.83. The van der Waals surface area contributed by atoms with E-state index in [1.165, 1.54) is 16.7 Å². The maximum atomic E-state index is 10.6. The van der Waals surface area contributed by atoms with Crippen LogP contribution in [0.15, 0.2) is 54.9 Å². The van der Waals surface area contributed by atoms with Gasteiger partial charge in [0.1, 0.15) is 0 Å². The number of fused-ring (bicyclic) bond motifs is 1. The van der Waals surface area contributed by atoms with Gasteiger partial charge in [0, 0.05) is 35.3 Å². The number of nitro groups is 1. The van der Waals surface area contributed by atoms with Crippen molar-refractivity contribution < 1.29 is 4.92 Å². The van der Waals surface area contributed by atoms with E-state index in [1.54, 1.807) is 6.08 Å². The Morgan fingerprint density at radius 1 is 1.17 bits per heavy atom. The molecule has 0 saturated carbocycles. The zero-order valence-corrected chi connectivity index (χ0v) is 13.2. The van der Waals surface area contributed by atoms with Crippen LogP contribution in [0, 0.1) is 24.0 Å². The highest BCUT2D eigenvalue weighted by Crippen LogP contribution is 2.24. The quantitative estimate of drug-likeness (QED) is 0.524. The zero-order chi connectivity index (χ0) is 16.4. The molecule has 3 aromatic rings. The van der Waals surface area contributed by atoms with E-state index in [9.17, 15) is 10.1 Å². The molecule has 0 radical (unpaired) electrons. The van der Waals surface area contributed by atoms with Gasteiger partial charge in [-0.3, -0.25) is 10.1 Å². The minimum absolute atomic E-state index is 0.434. The highest BCUT2D eigenvalue weighted by atomic mass is 16.6. The van der Waals surface area contributed by atoms with Gasteiger partial charge in [-0.05, 0) is 31.0 Å². The van der Waals surface area contributed by atoms with Crippen molar-refractivity contribution in [3.8, 4) is 0 Å². The van der Waals surface area contributed by atoms with Crippen LogP contribution in [0.2, 0.25) is 0 Å². The first-order valence-electron chi connectivity index (χ1n) is 7.50. The van der Waals surface area contributed by atoms with Crippen LogP contribution in [0.4, 0.5) is 0 Å². The lowest BCUT2D eigenvalue weighted by atomic mass is 10.1. The average molecular weight is 306 g/mol. The fraction of sp³-hybridized carbons (Fsp3) is 0.158. The highest BCUT2D eigenvalue weighted by Gasteiger charge is 2.08. The molecule has 0 fully saturated rings. The largest absolute Gasteiger partial charge is 0.342 e. The Hall–Kier alpha value is -2.88. The van der Waals surface area contributed by atoms with Crippen molar-refractivity contribution in [1.82, 2.24) is 4.57 Å². The van der Waals surface area contributed by atoms with Gasteiger partial charge < -0.3 is 4.57 Å². The first kappa shape index (κ1) is 15.0. The van der Waals surface area contributed by atoms with Crippen molar-refractivity contribution in [2.45, 2.75) is 20.4 Å². The average Bonchev–Trinajstić information content (AvgIpc) is 2.87. The van der Waals surface area contributed by atoms with Gasteiger partial charge in [-0.1, -0.05) is 42.0 Å². The molecule has 0 bridgehead atoms. The van der Waals surface area contributed by atoms with Crippen LogP contribution in [0.5, 0.6) is 0 Å². The highest BCUT2D eigenvalue weighted by molar-refractivity contribution is 5.89. The number of rotatable bonds is 4. The van der Waals surface area contributed by atoms with Gasteiger partial charge in [-0.25, -0.2) is 0 Å². The molecule has 0 aliphatic carbocycles. The van der Waals surface area contributed by atoms with Gasteiger partial charge in [0.05, 0.1) is 4.92 Å². The number of aryl methyl sites for hydroxylation is 2. The molecule has 0 spiro atoms. The molecule has 0 aliphatic rings. The molecule has 0 amide bonds. The summed E-state index contributed by atoms with van der Waals surface area (Å²) in [6.45, 7) is 4.94. The third-order valence-corrected chi connectivity index (χ3v) is 4.04. The van der Waals surface area contributed by atoms with Crippen LogP contribution >= 0.6 is 0 Å². The smallest absolute Gasteiger partial charge is 0.235 e. The van der Waals surface area contributed by atoms with Gasteiger partial charge in [-0.15, -0.1) is 0 Å². The summed E-state index contributed by atoms with van der Waals surface area (Å²) < 4.78 is 2.15. The topological polar surface area (TPSA) is 48.1 Å². The maximum Gasteiger partial charge on any atom is 0.235 e. The first-order chi connectivity index (χ1) is 11.0. The molecule has 0 N–H and O–H groups in total. The Morgan fingerprint density at radius 3 is 2.74 bits per heavy atom. The zero-order valence-electron chi connectivity index (χ0n) is 13.2. The van der Waals surface area contributed by atoms with Gasteiger partial charge >= 0.3 is 0 Å². The summed E-state index contributed by atoms with van der Waals surface area (Å²) in [6, 6.07) is 14.4. The summed E-state index contributed by atoms with van der Waals surface area (Å²) in [7, 11) is 0. The number of aromatic nitrogens is 1. The van der Waals surface area contributed by atoms with E-state index in [0.717, 1.165) is 29.2 Å². The molecule has 1 aromatic heterocycles. The van der Waals surface area contributed by atoms with E-state index in [2.05, 4.69) is 36.6 Å². The number of benzene rings is 2. The lowest BCUT2D eigenvalue weighted by Gasteiger charge is -2.09. The molecule has 0 aliphatic heterocycles. The van der Waals surface area contributed by atoms with Crippen molar-refractivity contribution in [2.24, 2.45) is 0 Å². The van der Waals surface area contributed by atoms with Crippen LogP contribution in [0.25, 0.3) is 17.0 Å². The van der Waals surface area contributed by atoms with Crippen LogP contribution in [0.1, 0.15) is 22.3 Å². The molecule has 0 atom stereocenters. The predicted octanol–water partition coefficient (Wildman–Crippen LogP) is 4.55. The number of hydrogen-bond acceptors (Lipinski definition) is 2. The van der Waals surface area contributed by atoms with Crippen LogP contribution in [-0.4, -0.2) is 9.49 Å². The molecular weight excluding hydrogens is 288 g/mol. The first-order valence-corrected chi connectivity index (χ1v) is 7.50. The Labute approximate surface area is 134 Å². The molecule has 3 rings (SSSR count). The van der Waals surface area contributed by atoms with Crippen LogP contribution < -0.4 is 0 Å². The van der Waals surface area contributed by atoms with Crippen LogP contribution in [-0.2, 0) is 6.54 Å². The molecule has 23 heavy (non-hydrogen) atoms. The second-order valence-corrected chi connectivity index (χ2v) is 5.76. The number of nitrogens with zero attached hydrogens (tertiary/aromatic N) is 2. The third kappa shape index (κ3) is 3.16. The fourth-order valence-electron chi connectivity index (χ4n) is 2.83. The van der Waals surface area contributed by atoms with E-state index >= 15 is 0 Å². The van der Waals surface area contributed by atoms with Gasteiger partial charge in [0.2, 0.25) is 6.20 Å². The Bertz CT molecular complexity index is 907. The third-order valence-electron chi connectivity index (χ3n) is 4.04. The number of hydrogen-bond donors (Lipinski definition) is 0. The molecular formula is C19H18N2O2. The molecule has 116 valence electrons. The Morgan fingerprint density at radius 2 is 1.96 bits per heavy atom. The molecule has 4 heteroatoms. The van der Waals surface area contributed by atoms with E-state index in [4.69, 9.17) is 0 Å². The van der Waals surface area contributed by atoms with E-state index < -0.39 is 4.92 Å². The van der Waals surface area contributed by atoms with E-state index in [1.807, 2.05) is 30.5 Å². The monoisotopic (exact) mass is 306 g/mol. The van der Waals surface area contributed by atoms with Gasteiger partial charge in [0.25, 0.3) is 0 Å². The normalized spacial score (nSPS) is 11.4. The van der Waals surface area contributed by atoms with Crippen molar-refractivity contribution in [3.63, 3.8) is 0 Å². The molecule has 1 heterocycles. The summed E-state index contributed by atoms with van der Waals surface area (Å²) in [4.78, 5) is 10.2. The molecule has 0 saturated heterocycles. The summed E-state index contributed by atoms with van der Waals surface area (Å²) >= 11 is 0. The molecule has 0 unspecified atom stereocenters. The summed E-state index contributed by atoms with van der Waals surface area (Å²) in [5.74, 6) is 0. The summed E-state index contributed by atoms with van der Waals surface area (Å²) in [6.07, 6.45) is 4.53. The van der Waals surface area contributed by atoms with Crippen molar-refractivity contribution in [3.05, 3.63) is 87.2 Å². The second-order valence-electron chi connectivity index (χ2n) is 5.76. The van der Waals surface area contributed by atoms with Crippen molar-refractivity contribution in [1.29, 1.82) is 0 Å². The minimum atomic E-state index is -0.434. The Kier molecular flexibility index (Phi) is 3.98. The molecule has 2 aromatic carbocycles. The van der Waals surface area contributed by atoms with E-state index in [-0.39, 0.29) is 0 Å². The second kappa shape index (κ2) is 6.08. The van der Waals surface area contributed by atoms with Crippen molar-refractivity contribution in [2.75, 3.05) is 0 Å². The predicted molar refractivity (Wildman–Crippen MR) is 93.0 cm³/mol. The standard InChI is InChI=1S/C19H18N2O2/c1-14-7-8-15(2)17(11-14)13-20-12-16(9-10-21(22)23)18-5-3-4-6-19(18)20/h3-12H,13H2,1-2H3/b10-9+. The summed E-state index contributed by atoms with van der Waals surface area (Å²) in [5.41, 5.74) is 5.68. The number of para-hydroxylation sites is 1. The van der Waals surface area contributed by atoms with Gasteiger partial charge in [-0.2, -0.15) is 0 Å². The van der Waals surface area contributed by atoms with Gasteiger partial charge in [0.15, 0.2) is 0 Å². The van der Waals surface area contributed by atoms with E-state index in [0.29, 0.717) is 0 Å². The summed E-state index contributed by atoms with van der Waals surface area (Å²) in [5, 5.41) is 11.6. The maximum absolute atomic E-state index is 10.6. The molecule has 4 nitrogen and oxygen atoms in total. The minimum Gasteiger partial charge on any atom is -0.342 e. The van der Waals surface area contributed by atoms with Crippen molar-refractivity contribution >= 4 is 17.0 Å². The Balaban J connectivity index is 2.07. The lowest BCUT2D eigenvalue weighted by molar-refractivity contribution is -0.400. The SMILES string of the molecule is Cc1ccc(C)c(Cn2cc(/C=C/[N+](=O)[O-])c3ccccc32)c1.